The molecule has 0 saturated carbocycles. The van der Waals surface area contributed by atoms with Crippen LogP contribution in [0.3, 0.4) is 0 Å². The average Bonchev–Trinajstić information content (AvgIpc) is 3.36. The van der Waals surface area contributed by atoms with Crippen molar-refractivity contribution < 1.29 is 26.4 Å². The number of rotatable bonds is 4. The summed E-state index contributed by atoms with van der Waals surface area (Å²) in [6, 6.07) is 2.66. The van der Waals surface area contributed by atoms with Crippen LogP contribution in [0, 0.1) is 0 Å². The number of amides is 1. The molecule has 0 unspecified atom stereocenters. The third kappa shape index (κ3) is 4.40. The molecule has 178 valence electrons. The van der Waals surface area contributed by atoms with Crippen LogP contribution in [0.15, 0.2) is 46.2 Å². The molecule has 4 rings (SSSR count). The van der Waals surface area contributed by atoms with Gasteiger partial charge in [0.15, 0.2) is 15.7 Å². The van der Waals surface area contributed by atoms with Gasteiger partial charge in [0.05, 0.1) is 38.5 Å². The maximum absolute atomic E-state index is 13.1. The molecule has 0 aliphatic heterocycles. The molecule has 0 aromatic carbocycles. The van der Waals surface area contributed by atoms with Crippen LogP contribution in [0.5, 0.6) is 0 Å². The van der Waals surface area contributed by atoms with Crippen molar-refractivity contribution in [3.63, 3.8) is 0 Å². The van der Waals surface area contributed by atoms with E-state index in [2.05, 4.69) is 41.3 Å². The van der Waals surface area contributed by atoms with Crippen LogP contribution in [0.4, 0.5) is 23.8 Å². The first-order valence-corrected chi connectivity index (χ1v) is 12.0. The number of alkyl halides is 3. The second-order valence-electron chi connectivity index (χ2n) is 7.03. The molecule has 4 aromatic heterocycles. The lowest BCUT2D eigenvalue weighted by atomic mass is 10.3. The Morgan fingerprint density at radius 2 is 1.94 bits per heavy atom. The Balaban J connectivity index is 1.86. The van der Waals surface area contributed by atoms with Gasteiger partial charge < -0.3 is 4.57 Å². The van der Waals surface area contributed by atoms with Crippen LogP contribution in [0.2, 0.25) is 0 Å². The zero-order valence-corrected chi connectivity index (χ0v) is 19.9. The number of imidazole rings is 1. The molecule has 34 heavy (non-hydrogen) atoms. The summed E-state index contributed by atoms with van der Waals surface area (Å²) in [6.45, 7) is 1.44. The number of aryl methyl sites for hydroxylation is 1. The molecule has 1 amide bonds. The first kappa shape index (κ1) is 23.8. The highest BCUT2D eigenvalue weighted by Gasteiger charge is 2.33. The van der Waals surface area contributed by atoms with Crippen molar-refractivity contribution in [2.45, 2.75) is 18.0 Å². The van der Waals surface area contributed by atoms with E-state index in [0.717, 1.165) is 16.9 Å². The Kier molecular flexibility index (Phi) is 5.93. The fourth-order valence-corrected chi connectivity index (χ4v) is 4.42. The van der Waals surface area contributed by atoms with Gasteiger partial charge >= 0.3 is 12.2 Å². The van der Waals surface area contributed by atoms with E-state index < -0.39 is 27.7 Å². The van der Waals surface area contributed by atoms with Crippen LogP contribution < -0.4 is 5.32 Å². The monoisotopic (exact) mass is 557 g/mol. The van der Waals surface area contributed by atoms with Crippen LogP contribution in [0.1, 0.15) is 12.6 Å². The number of hydrogen-bond donors (Lipinski definition) is 1. The van der Waals surface area contributed by atoms with Crippen LogP contribution in [-0.4, -0.2) is 49.5 Å². The van der Waals surface area contributed by atoms with Crippen LogP contribution in [0.25, 0.3) is 22.6 Å². The van der Waals surface area contributed by atoms with Crippen molar-refractivity contribution in [1.82, 2.24) is 29.3 Å². The molecule has 0 radical (unpaired) electrons. The summed E-state index contributed by atoms with van der Waals surface area (Å²) < 4.78 is 67.7. The maximum Gasteiger partial charge on any atom is 0.433 e. The van der Waals surface area contributed by atoms with Crippen molar-refractivity contribution in [3.8, 4) is 11.5 Å². The Morgan fingerprint density at radius 3 is 2.56 bits per heavy atom. The fraction of sp³-hybridized carbons (Fsp3) is 0.211. The largest absolute Gasteiger partial charge is 0.433 e. The lowest BCUT2D eigenvalue weighted by molar-refractivity contribution is -0.141. The van der Waals surface area contributed by atoms with Gasteiger partial charge in [0.25, 0.3) is 0 Å². The summed E-state index contributed by atoms with van der Waals surface area (Å²) in [5.41, 5.74) is -1.07. The van der Waals surface area contributed by atoms with E-state index in [9.17, 15) is 26.4 Å². The van der Waals surface area contributed by atoms with Crippen molar-refractivity contribution in [2.75, 3.05) is 11.1 Å². The number of pyridine rings is 2. The molecular weight excluding hydrogens is 543 g/mol. The maximum atomic E-state index is 13.1. The summed E-state index contributed by atoms with van der Waals surface area (Å²) in [4.78, 5) is 24.1. The third-order valence-electron chi connectivity index (χ3n) is 4.84. The zero-order chi connectivity index (χ0) is 24.8. The number of nitrogens with one attached hydrogen (secondary N) is 1. The molecule has 4 heterocycles. The molecule has 1 N–H and O–H groups in total. The van der Waals surface area contributed by atoms with E-state index >= 15 is 0 Å². The Bertz CT molecular complexity index is 1530. The van der Waals surface area contributed by atoms with Gasteiger partial charge in [-0.25, -0.2) is 28.2 Å². The van der Waals surface area contributed by atoms with Crippen LogP contribution >= 0.6 is 15.9 Å². The summed E-state index contributed by atoms with van der Waals surface area (Å²) >= 11 is 3.18. The number of fused-ring (bicyclic) bond motifs is 1. The van der Waals surface area contributed by atoms with Crippen LogP contribution in [-0.2, 0) is 23.1 Å². The lowest BCUT2D eigenvalue weighted by Gasteiger charge is -2.11. The molecule has 0 spiro atoms. The summed E-state index contributed by atoms with van der Waals surface area (Å²) in [7, 11) is -2.31. The number of anilines is 1. The highest BCUT2D eigenvalue weighted by Crippen LogP contribution is 2.33. The first-order chi connectivity index (χ1) is 15.9. The molecular formula is C19H15BrF3N7O3S. The van der Waals surface area contributed by atoms with Gasteiger partial charge in [-0.2, -0.15) is 23.0 Å². The summed E-state index contributed by atoms with van der Waals surface area (Å²) in [5.74, 6) is -0.276. The number of aromatic nitrogens is 6. The van der Waals surface area contributed by atoms with Crippen molar-refractivity contribution in [1.29, 1.82) is 0 Å². The van der Waals surface area contributed by atoms with Crippen molar-refractivity contribution in [2.24, 2.45) is 7.05 Å². The highest BCUT2D eigenvalue weighted by atomic mass is 79.9. The van der Waals surface area contributed by atoms with E-state index in [-0.39, 0.29) is 39.0 Å². The van der Waals surface area contributed by atoms with Gasteiger partial charge in [-0.1, -0.05) is 6.92 Å². The molecule has 0 aliphatic carbocycles. The minimum atomic E-state index is -4.67. The zero-order valence-electron chi connectivity index (χ0n) is 17.5. The Hall–Kier alpha value is -3.33. The SMILES string of the molecule is CCS(=O)(=O)c1ccc(NC(=O)n2cc(Br)cn2)nc1-c1nc2cc(C(F)(F)F)ncc2n1C. The number of carbonyl (C=O) groups is 1. The Morgan fingerprint density at radius 1 is 1.21 bits per heavy atom. The third-order valence-corrected chi connectivity index (χ3v) is 7.01. The van der Waals surface area contributed by atoms with Crippen molar-refractivity contribution >= 4 is 48.6 Å². The van der Waals surface area contributed by atoms with Gasteiger partial charge in [0, 0.05) is 13.2 Å². The van der Waals surface area contributed by atoms with E-state index in [1.807, 2.05) is 0 Å². The highest BCUT2D eigenvalue weighted by molar-refractivity contribution is 9.10. The predicted molar refractivity (Wildman–Crippen MR) is 119 cm³/mol. The number of halogens is 4. The fourth-order valence-electron chi connectivity index (χ4n) is 3.12. The summed E-state index contributed by atoms with van der Waals surface area (Å²) in [6.07, 6.45) is -0.864. The molecule has 0 aliphatic rings. The minimum absolute atomic E-state index is 0.0113. The molecule has 0 bridgehead atoms. The number of carbonyl (C=O) groups excluding carboxylic acids is 1. The van der Waals surface area contributed by atoms with Gasteiger partial charge in [-0.05, 0) is 34.1 Å². The van der Waals surface area contributed by atoms with Gasteiger partial charge in [0.1, 0.15) is 17.2 Å². The summed E-state index contributed by atoms with van der Waals surface area (Å²) in [5, 5.41) is 6.35. The first-order valence-electron chi connectivity index (χ1n) is 9.56. The van der Waals surface area contributed by atoms with E-state index in [0.29, 0.717) is 4.47 Å². The lowest BCUT2D eigenvalue weighted by Crippen LogP contribution is -2.21. The molecule has 0 atom stereocenters. The average molecular weight is 558 g/mol. The van der Waals surface area contributed by atoms with E-state index in [1.165, 1.54) is 43.1 Å². The number of sulfone groups is 1. The molecule has 4 aromatic rings. The quantitative estimate of drug-likeness (QED) is 0.403. The molecule has 0 saturated heterocycles. The standard InChI is InChI=1S/C19H15BrF3N7O3S/c1-3-34(32,33)13-4-5-15(28-18(31)30-9-10(20)7-25-30)27-16(13)17-26-11-6-14(19(21,22)23)24-8-12(11)29(17)2/h4-9H,3H2,1-2H3,(H,27,28,31). The number of hydrogen-bond acceptors (Lipinski definition) is 7. The van der Waals surface area contributed by atoms with Gasteiger partial charge in [-0.3, -0.25) is 5.32 Å². The topological polar surface area (TPSA) is 125 Å². The predicted octanol–water partition coefficient (Wildman–Crippen LogP) is 3.88. The molecule has 10 nitrogen and oxygen atoms in total. The second-order valence-corrected chi connectivity index (χ2v) is 10.2. The van der Waals surface area contributed by atoms with Gasteiger partial charge in [-0.15, -0.1) is 0 Å². The second kappa shape index (κ2) is 8.47. The van der Waals surface area contributed by atoms with E-state index in [4.69, 9.17) is 0 Å². The Labute approximate surface area is 198 Å². The smallest absolute Gasteiger partial charge is 0.324 e. The normalized spacial score (nSPS) is 12.3. The molecule has 0 fully saturated rings. The van der Waals surface area contributed by atoms with E-state index in [1.54, 1.807) is 0 Å². The molecule has 15 heteroatoms. The minimum Gasteiger partial charge on any atom is -0.324 e. The van der Waals surface area contributed by atoms with Crippen molar-refractivity contribution in [3.05, 3.63) is 47.0 Å². The number of nitrogens with zero attached hydrogens (tertiary/aromatic N) is 6. The van der Waals surface area contributed by atoms with Gasteiger partial charge in [0.2, 0.25) is 0 Å².